The number of hydrogen-bond acceptors (Lipinski definition) is 9. The van der Waals surface area contributed by atoms with Crippen LogP contribution in [-0.4, -0.2) is 61.7 Å². The first-order valence-corrected chi connectivity index (χ1v) is 7.10. The highest BCUT2D eigenvalue weighted by Gasteiger charge is 2.55. The molecule has 1 saturated heterocycles. The van der Waals surface area contributed by atoms with Gasteiger partial charge in [-0.3, -0.25) is 0 Å². The standard InChI is InChI=1S/C15H16O9/c16-5-10-11(18)12(19)13(20)15(22,24-10)8-3-6-1-2-7(17)4-9(6)23-14(8)21/h1-4,10-13,16-20,22H,5H2/t10-,11+,12+,13-,15-/m1/s1. The van der Waals surface area contributed by atoms with Gasteiger partial charge in [0, 0.05) is 11.5 Å². The van der Waals surface area contributed by atoms with Crippen molar-refractivity contribution in [3.05, 3.63) is 40.2 Å². The molecular formula is C15H16O9. The van der Waals surface area contributed by atoms with Crippen LogP contribution in [0.1, 0.15) is 5.56 Å². The van der Waals surface area contributed by atoms with Crippen LogP contribution in [-0.2, 0) is 10.5 Å². The van der Waals surface area contributed by atoms with Crippen LogP contribution in [0.4, 0.5) is 0 Å². The molecule has 6 N–H and O–H groups in total. The van der Waals surface area contributed by atoms with Crippen molar-refractivity contribution in [2.24, 2.45) is 0 Å². The molecule has 1 fully saturated rings. The number of ether oxygens (including phenoxy) is 1. The molecule has 2 heterocycles. The maximum Gasteiger partial charge on any atom is 0.345 e. The van der Waals surface area contributed by atoms with Gasteiger partial charge in [0.1, 0.15) is 35.7 Å². The number of aliphatic hydroxyl groups excluding tert-OH is 4. The van der Waals surface area contributed by atoms with E-state index in [0.29, 0.717) is 5.39 Å². The second-order valence-corrected chi connectivity index (χ2v) is 5.63. The Kier molecular flexibility index (Phi) is 4.08. The zero-order valence-electron chi connectivity index (χ0n) is 12.2. The summed E-state index contributed by atoms with van der Waals surface area (Å²) >= 11 is 0. The molecule has 24 heavy (non-hydrogen) atoms. The SMILES string of the molecule is O=c1oc2cc(O)ccc2cc1[C@@]1(O)O[C@H](CO)[C@H](O)[C@H](O)[C@H]1O. The first-order chi connectivity index (χ1) is 11.3. The summed E-state index contributed by atoms with van der Waals surface area (Å²) < 4.78 is 10.1. The van der Waals surface area contributed by atoms with Crippen molar-refractivity contribution in [2.45, 2.75) is 30.2 Å². The van der Waals surface area contributed by atoms with E-state index in [1.807, 2.05) is 0 Å². The van der Waals surface area contributed by atoms with Gasteiger partial charge in [-0.05, 0) is 18.2 Å². The first kappa shape index (κ1) is 16.8. The van der Waals surface area contributed by atoms with Crippen LogP contribution in [0.25, 0.3) is 11.0 Å². The van der Waals surface area contributed by atoms with Crippen LogP contribution < -0.4 is 5.63 Å². The number of hydrogen-bond donors (Lipinski definition) is 6. The second-order valence-electron chi connectivity index (χ2n) is 5.63. The molecule has 0 unspecified atom stereocenters. The molecule has 0 amide bonds. The van der Waals surface area contributed by atoms with Gasteiger partial charge in [-0.15, -0.1) is 0 Å². The Morgan fingerprint density at radius 1 is 1.12 bits per heavy atom. The molecule has 0 aliphatic carbocycles. The van der Waals surface area contributed by atoms with Gasteiger partial charge in [0.15, 0.2) is 0 Å². The zero-order chi connectivity index (χ0) is 17.6. The van der Waals surface area contributed by atoms with Gasteiger partial charge in [-0.1, -0.05) is 0 Å². The molecule has 1 aliphatic rings. The molecule has 0 radical (unpaired) electrons. The van der Waals surface area contributed by atoms with Gasteiger partial charge in [0.25, 0.3) is 0 Å². The largest absolute Gasteiger partial charge is 0.508 e. The minimum absolute atomic E-state index is 0.0388. The van der Waals surface area contributed by atoms with E-state index in [0.717, 1.165) is 0 Å². The Bertz CT molecular complexity index is 814. The van der Waals surface area contributed by atoms with Crippen LogP contribution in [0.2, 0.25) is 0 Å². The predicted molar refractivity (Wildman–Crippen MR) is 78.0 cm³/mol. The summed E-state index contributed by atoms with van der Waals surface area (Å²) in [5, 5.41) is 59.2. The number of benzene rings is 1. The lowest BCUT2D eigenvalue weighted by atomic mass is 9.88. The number of phenols is 1. The molecule has 9 nitrogen and oxygen atoms in total. The third kappa shape index (κ3) is 2.47. The molecule has 2 aromatic rings. The third-order valence-electron chi connectivity index (χ3n) is 4.07. The van der Waals surface area contributed by atoms with Gasteiger partial charge >= 0.3 is 5.63 Å². The van der Waals surface area contributed by atoms with Crippen molar-refractivity contribution in [2.75, 3.05) is 6.61 Å². The molecule has 0 saturated carbocycles. The van der Waals surface area contributed by atoms with Crippen LogP contribution in [0, 0.1) is 0 Å². The maximum atomic E-state index is 12.2. The van der Waals surface area contributed by atoms with E-state index in [1.165, 1.54) is 24.3 Å². The lowest BCUT2D eigenvalue weighted by Crippen LogP contribution is -2.64. The fraction of sp³-hybridized carbons (Fsp3) is 0.400. The minimum Gasteiger partial charge on any atom is -0.508 e. The Labute approximate surface area is 134 Å². The second kappa shape index (κ2) is 5.81. The Morgan fingerprint density at radius 2 is 1.83 bits per heavy atom. The van der Waals surface area contributed by atoms with Crippen molar-refractivity contribution in [3.8, 4) is 5.75 Å². The van der Waals surface area contributed by atoms with E-state index >= 15 is 0 Å². The van der Waals surface area contributed by atoms with Crippen LogP contribution >= 0.6 is 0 Å². The molecule has 3 rings (SSSR count). The van der Waals surface area contributed by atoms with Gasteiger partial charge in [-0.25, -0.2) is 4.79 Å². The normalized spacial score (nSPS) is 33.7. The monoisotopic (exact) mass is 340 g/mol. The zero-order valence-corrected chi connectivity index (χ0v) is 12.2. The molecule has 0 spiro atoms. The van der Waals surface area contributed by atoms with Crippen LogP contribution in [0.5, 0.6) is 5.75 Å². The molecule has 1 aromatic carbocycles. The van der Waals surface area contributed by atoms with E-state index in [4.69, 9.17) is 9.15 Å². The molecule has 1 aromatic heterocycles. The summed E-state index contributed by atoms with van der Waals surface area (Å²) in [5.74, 6) is -2.83. The maximum absolute atomic E-state index is 12.2. The highest BCUT2D eigenvalue weighted by Crippen LogP contribution is 2.36. The van der Waals surface area contributed by atoms with Gasteiger partial charge < -0.3 is 39.8 Å². The smallest absolute Gasteiger partial charge is 0.345 e. The van der Waals surface area contributed by atoms with Crippen LogP contribution in [0.15, 0.2) is 33.5 Å². The summed E-state index contributed by atoms with van der Waals surface area (Å²) in [5.41, 5.74) is -1.55. The van der Waals surface area contributed by atoms with Crippen molar-refractivity contribution in [3.63, 3.8) is 0 Å². The predicted octanol–water partition coefficient (Wildman–Crippen LogP) is -1.88. The van der Waals surface area contributed by atoms with Crippen LogP contribution in [0.3, 0.4) is 0 Å². The number of phenolic OH excluding ortho intramolecular Hbond substituents is 1. The Morgan fingerprint density at radius 3 is 2.50 bits per heavy atom. The fourth-order valence-electron chi connectivity index (χ4n) is 2.73. The number of aliphatic hydroxyl groups is 5. The van der Waals surface area contributed by atoms with Gasteiger partial charge in [0.05, 0.1) is 12.2 Å². The number of fused-ring (bicyclic) bond motifs is 1. The average molecular weight is 340 g/mol. The minimum atomic E-state index is -2.70. The summed E-state index contributed by atoms with van der Waals surface area (Å²) in [4.78, 5) is 12.2. The van der Waals surface area contributed by atoms with E-state index in [1.54, 1.807) is 0 Å². The number of aromatic hydroxyl groups is 1. The van der Waals surface area contributed by atoms with E-state index in [-0.39, 0.29) is 11.3 Å². The van der Waals surface area contributed by atoms with Crippen molar-refractivity contribution >= 4 is 11.0 Å². The van der Waals surface area contributed by atoms with E-state index < -0.39 is 48.0 Å². The summed E-state index contributed by atoms with van der Waals surface area (Å²) in [6.45, 7) is -0.764. The lowest BCUT2D eigenvalue weighted by Gasteiger charge is -2.44. The highest BCUT2D eigenvalue weighted by molar-refractivity contribution is 5.78. The average Bonchev–Trinajstić information content (AvgIpc) is 2.55. The molecule has 130 valence electrons. The van der Waals surface area contributed by atoms with Crippen molar-refractivity contribution in [1.82, 2.24) is 0 Å². The molecule has 0 bridgehead atoms. The van der Waals surface area contributed by atoms with Crippen molar-refractivity contribution < 1.29 is 39.8 Å². The first-order valence-electron chi connectivity index (χ1n) is 7.10. The Hall–Kier alpha value is -2.01. The quantitative estimate of drug-likeness (QED) is 0.344. The summed E-state index contributed by atoms with van der Waals surface area (Å²) in [6, 6.07) is 5.09. The van der Waals surface area contributed by atoms with Gasteiger partial charge in [0.2, 0.25) is 5.79 Å². The van der Waals surface area contributed by atoms with Gasteiger partial charge in [-0.2, -0.15) is 0 Å². The number of rotatable bonds is 2. The third-order valence-corrected chi connectivity index (χ3v) is 4.07. The molecular weight excluding hydrogens is 324 g/mol. The lowest BCUT2D eigenvalue weighted by molar-refractivity contribution is -0.358. The van der Waals surface area contributed by atoms with E-state index in [2.05, 4.69) is 0 Å². The highest BCUT2D eigenvalue weighted by atomic mass is 16.7. The molecule has 1 aliphatic heterocycles. The van der Waals surface area contributed by atoms with Crippen molar-refractivity contribution in [1.29, 1.82) is 0 Å². The Balaban J connectivity index is 2.15. The summed E-state index contributed by atoms with van der Waals surface area (Å²) in [7, 11) is 0. The fourth-order valence-corrected chi connectivity index (χ4v) is 2.73. The molecule has 9 heteroatoms. The topological polar surface area (TPSA) is 161 Å². The van der Waals surface area contributed by atoms with E-state index in [9.17, 15) is 35.4 Å². The molecule has 5 atom stereocenters. The summed E-state index contributed by atoms with van der Waals surface area (Å²) in [6.07, 6.45) is -7.01.